The summed E-state index contributed by atoms with van der Waals surface area (Å²) in [6, 6.07) is 7.94. The van der Waals surface area contributed by atoms with E-state index in [1.165, 1.54) is 30.5 Å². The highest BCUT2D eigenvalue weighted by Crippen LogP contribution is 2.29. The highest BCUT2D eigenvalue weighted by Gasteiger charge is 2.50. The number of hydrogen-bond donors (Lipinski definition) is 2. The standard InChI is InChI=1S/C17H16FN3O4/c1-17(13-3-2-10-25-13)15(23)21(16(24)20-17)9-8-14(22)19-12-6-4-11(18)5-7-12/h2-7,10H,8-9H2,1H3,(H,19,22)(H,20,24)/t17-/m1/s1. The number of urea groups is 1. The van der Waals surface area contributed by atoms with Crippen molar-refractivity contribution < 1.29 is 23.2 Å². The second-order valence-electron chi connectivity index (χ2n) is 5.79. The van der Waals surface area contributed by atoms with Crippen LogP contribution in [-0.4, -0.2) is 29.3 Å². The van der Waals surface area contributed by atoms with Gasteiger partial charge in [0.05, 0.1) is 6.26 Å². The lowest BCUT2D eigenvalue weighted by atomic mass is 9.99. The summed E-state index contributed by atoms with van der Waals surface area (Å²) in [5.74, 6) is -0.959. The fraction of sp³-hybridized carbons (Fsp3) is 0.235. The van der Waals surface area contributed by atoms with Crippen LogP contribution >= 0.6 is 0 Å². The monoisotopic (exact) mass is 345 g/mol. The first-order chi connectivity index (χ1) is 11.9. The third-order valence-electron chi connectivity index (χ3n) is 3.98. The number of hydrogen-bond acceptors (Lipinski definition) is 4. The first kappa shape index (κ1) is 16.7. The number of amides is 4. The Morgan fingerprint density at radius 3 is 2.64 bits per heavy atom. The van der Waals surface area contributed by atoms with Gasteiger partial charge < -0.3 is 15.1 Å². The van der Waals surface area contributed by atoms with E-state index < -0.39 is 23.3 Å². The fourth-order valence-electron chi connectivity index (χ4n) is 2.60. The van der Waals surface area contributed by atoms with E-state index in [1.807, 2.05) is 0 Å². The summed E-state index contributed by atoms with van der Waals surface area (Å²) in [5.41, 5.74) is -0.849. The molecule has 1 fully saturated rings. The molecule has 2 heterocycles. The number of carbonyl (C=O) groups excluding carboxylic acids is 3. The predicted molar refractivity (Wildman–Crippen MR) is 86.0 cm³/mol. The molecule has 2 N–H and O–H groups in total. The van der Waals surface area contributed by atoms with Crippen molar-refractivity contribution in [2.75, 3.05) is 11.9 Å². The molecule has 1 aromatic carbocycles. The zero-order valence-corrected chi connectivity index (χ0v) is 13.4. The molecule has 7 nitrogen and oxygen atoms in total. The molecule has 130 valence electrons. The number of imide groups is 1. The van der Waals surface area contributed by atoms with E-state index in [2.05, 4.69) is 10.6 Å². The number of benzene rings is 1. The number of halogens is 1. The molecule has 1 saturated heterocycles. The number of nitrogens with one attached hydrogen (secondary N) is 2. The summed E-state index contributed by atoms with van der Waals surface area (Å²) < 4.78 is 18.1. The van der Waals surface area contributed by atoms with Crippen molar-refractivity contribution in [3.8, 4) is 0 Å². The first-order valence-corrected chi connectivity index (χ1v) is 7.63. The highest BCUT2D eigenvalue weighted by atomic mass is 19.1. The second-order valence-corrected chi connectivity index (χ2v) is 5.79. The molecule has 1 aliphatic rings. The lowest BCUT2D eigenvalue weighted by Gasteiger charge is -2.18. The largest absolute Gasteiger partial charge is 0.466 e. The number of furan rings is 1. The van der Waals surface area contributed by atoms with Gasteiger partial charge in [-0.1, -0.05) is 0 Å². The van der Waals surface area contributed by atoms with E-state index in [1.54, 1.807) is 19.1 Å². The average molecular weight is 345 g/mol. The normalized spacial score (nSPS) is 19.8. The average Bonchev–Trinajstić information content (AvgIpc) is 3.18. The Labute approximate surface area is 142 Å². The molecule has 1 aromatic heterocycles. The Balaban J connectivity index is 1.61. The van der Waals surface area contributed by atoms with E-state index >= 15 is 0 Å². The van der Waals surface area contributed by atoms with Gasteiger partial charge in [0.15, 0.2) is 5.54 Å². The van der Waals surface area contributed by atoms with Gasteiger partial charge in [0.2, 0.25) is 5.91 Å². The van der Waals surface area contributed by atoms with Crippen molar-refractivity contribution in [2.45, 2.75) is 18.9 Å². The van der Waals surface area contributed by atoms with Crippen LogP contribution < -0.4 is 10.6 Å². The Kier molecular flexibility index (Phi) is 4.26. The number of carbonyl (C=O) groups is 3. The minimum Gasteiger partial charge on any atom is -0.466 e. The summed E-state index contributed by atoms with van der Waals surface area (Å²) in [6.07, 6.45) is 1.34. The fourth-order valence-corrected chi connectivity index (χ4v) is 2.60. The van der Waals surface area contributed by atoms with Crippen LogP contribution in [0.4, 0.5) is 14.9 Å². The van der Waals surface area contributed by atoms with Gasteiger partial charge in [0.1, 0.15) is 11.6 Å². The summed E-state index contributed by atoms with van der Waals surface area (Å²) in [4.78, 5) is 37.6. The Bertz CT molecular complexity index is 804. The van der Waals surface area contributed by atoms with E-state index in [9.17, 15) is 18.8 Å². The van der Waals surface area contributed by atoms with Crippen molar-refractivity contribution in [1.82, 2.24) is 10.2 Å². The van der Waals surface area contributed by atoms with Crippen molar-refractivity contribution in [1.29, 1.82) is 0 Å². The molecule has 0 aliphatic carbocycles. The number of rotatable bonds is 5. The van der Waals surface area contributed by atoms with Gasteiger partial charge in [-0.2, -0.15) is 0 Å². The Hall–Kier alpha value is -3.16. The quantitative estimate of drug-likeness (QED) is 0.813. The van der Waals surface area contributed by atoms with Gasteiger partial charge >= 0.3 is 6.03 Å². The van der Waals surface area contributed by atoms with Crippen molar-refractivity contribution in [3.05, 3.63) is 54.2 Å². The maximum Gasteiger partial charge on any atom is 0.325 e. The Morgan fingerprint density at radius 1 is 1.28 bits per heavy atom. The maximum absolute atomic E-state index is 12.8. The minimum atomic E-state index is -1.28. The molecular formula is C17H16FN3O4. The van der Waals surface area contributed by atoms with E-state index in [0.717, 1.165) is 4.90 Å². The van der Waals surface area contributed by atoms with Crippen molar-refractivity contribution in [3.63, 3.8) is 0 Å². The van der Waals surface area contributed by atoms with E-state index in [0.29, 0.717) is 11.4 Å². The second kappa shape index (κ2) is 6.39. The molecule has 8 heteroatoms. The molecule has 0 bridgehead atoms. The first-order valence-electron chi connectivity index (χ1n) is 7.63. The van der Waals surface area contributed by atoms with E-state index in [-0.39, 0.29) is 18.9 Å². The summed E-state index contributed by atoms with van der Waals surface area (Å²) >= 11 is 0. The van der Waals surface area contributed by atoms with Crippen LogP contribution in [0.2, 0.25) is 0 Å². The molecular weight excluding hydrogens is 329 g/mol. The summed E-state index contributed by atoms with van der Waals surface area (Å²) in [5, 5.41) is 5.16. The highest BCUT2D eigenvalue weighted by molar-refractivity contribution is 6.07. The maximum atomic E-state index is 12.8. The van der Waals surface area contributed by atoms with Gasteiger partial charge in [-0.05, 0) is 43.3 Å². The zero-order chi connectivity index (χ0) is 18.0. The number of anilines is 1. The van der Waals surface area contributed by atoms with Crippen LogP contribution in [0.3, 0.4) is 0 Å². The lowest BCUT2D eigenvalue weighted by Crippen LogP contribution is -2.40. The molecule has 0 spiro atoms. The van der Waals surface area contributed by atoms with Crippen LogP contribution in [0.5, 0.6) is 0 Å². The smallest absolute Gasteiger partial charge is 0.325 e. The SMILES string of the molecule is C[C@]1(c2ccco2)NC(=O)N(CCC(=O)Nc2ccc(F)cc2)C1=O. The van der Waals surface area contributed by atoms with Crippen LogP contribution in [-0.2, 0) is 15.1 Å². The van der Waals surface area contributed by atoms with Gasteiger partial charge in [0.25, 0.3) is 5.91 Å². The molecule has 2 aromatic rings. The zero-order valence-electron chi connectivity index (χ0n) is 13.4. The van der Waals surface area contributed by atoms with Gasteiger partial charge in [-0.15, -0.1) is 0 Å². The minimum absolute atomic E-state index is 0.0754. The molecule has 3 rings (SSSR count). The summed E-state index contributed by atoms with van der Waals surface area (Å²) in [6.45, 7) is 1.47. The Morgan fingerprint density at radius 2 is 2.00 bits per heavy atom. The lowest BCUT2D eigenvalue weighted by molar-refractivity contribution is -0.131. The van der Waals surface area contributed by atoms with Gasteiger partial charge in [-0.25, -0.2) is 9.18 Å². The molecule has 0 radical (unpaired) electrons. The van der Waals surface area contributed by atoms with E-state index in [4.69, 9.17) is 4.42 Å². The van der Waals surface area contributed by atoms with Crippen LogP contribution in [0.1, 0.15) is 19.1 Å². The number of nitrogens with zero attached hydrogens (tertiary/aromatic N) is 1. The molecule has 1 aliphatic heterocycles. The molecule has 1 atom stereocenters. The van der Waals surface area contributed by atoms with Gasteiger partial charge in [0, 0.05) is 18.7 Å². The molecule has 0 unspecified atom stereocenters. The third-order valence-corrected chi connectivity index (χ3v) is 3.98. The van der Waals surface area contributed by atoms with Crippen molar-refractivity contribution in [2.24, 2.45) is 0 Å². The molecule has 0 saturated carbocycles. The topological polar surface area (TPSA) is 91.7 Å². The molecule has 4 amide bonds. The third kappa shape index (κ3) is 3.23. The summed E-state index contributed by atoms with van der Waals surface area (Å²) in [7, 11) is 0. The van der Waals surface area contributed by atoms with Gasteiger partial charge in [-0.3, -0.25) is 14.5 Å². The van der Waals surface area contributed by atoms with Crippen molar-refractivity contribution >= 4 is 23.5 Å². The molecule has 25 heavy (non-hydrogen) atoms. The van der Waals surface area contributed by atoms with Crippen LogP contribution in [0.25, 0.3) is 0 Å². The predicted octanol–water partition coefficient (Wildman–Crippen LogP) is 2.21. The van der Waals surface area contributed by atoms with Crippen LogP contribution in [0.15, 0.2) is 47.1 Å². The van der Waals surface area contributed by atoms with Crippen LogP contribution in [0, 0.1) is 5.82 Å².